The Bertz CT molecular complexity index is 593. The van der Waals surface area contributed by atoms with Gasteiger partial charge in [-0.25, -0.2) is 4.79 Å². The molecule has 2 N–H and O–H groups in total. The first-order chi connectivity index (χ1) is 10.4. The van der Waals surface area contributed by atoms with E-state index in [2.05, 4.69) is 10.4 Å². The van der Waals surface area contributed by atoms with E-state index in [-0.39, 0.29) is 5.91 Å². The molecule has 0 radical (unpaired) electrons. The van der Waals surface area contributed by atoms with Crippen molar-refractivity contribution in [2.75, 3.05) is 5.32 Å². The van der Waals surface area contributed by atoms with Crippen LogP contribution in [-0.2, 0) is 15.1 Å². The monoisotopic (exact) mass is 305 g/mol. The van der Waals surface area contributed by atoms with E-state index in [1.807, 2.05) is 0 Å². The summed E-state index contributed by atoms with van der Waals surface area (Å²) in [4.78, 5) is 23.4. The third-order valence-corrected chi connectivity index (χ3v) is 5.29. The summed E-state index contributed by atoms with van der Waals surface area (Å²) in [6.07, 6.45) is 8.73. The number of nitrogens with zero attached hydrogens (tertiary/aromatic N) is 2. The third kappa shape index (κ3) is 2.74. The maximum absolute atomic E-state index is 12.2. The summed E-state index contributed by atoms with van der Waals surface area (Å²) in [7, 11) is 0. The molecule has 1 heterocycles. The molecule has 3 unspecified atom stereocenters. The Hall–Kier alpha value is -1.85. The summed E-state index contributed by atoms with van der Waals surface area (Å²) in [6.45, 7) is 3.15. The number of carboxylic acids is 1. The Labute approximate surface area is 129 Å². The van der Waals surface area contributed by atoms with Gasteiger partial charge < -0.3 is 10.4 Å². The van der Waals surface area contributed by atoms with Crippen molar-refractivity contribution in [3.05, 3.63) is 12.4 Å². The highest BCUT2D eigenvalue weighted by Crippen LogP contribution is 2.49. The van der Waals surface area contributed by atoms with Crippen LogP contribution >= 0.6 is 0 Å². The first kappa shape index (κ1) is 15.1. The number of carboxylic acid groups (broad SMARTS) is 1. The molecule has 6 heteroatoms. The van der Waals surface area contributed by atoms with Gasteiger partial charge in [-0.3, -0.25) is 9.48 Å². The molecule has 2 saturated carbocycles. The first-order valence-corrected chi connectivity index (χ1v) is 7.94. The maximum atomic E-state index is 12.2. The second-order valence-corrected chi connectivity index (χ2v) is 7.22. The van der Waals surface area contributed by atoms with Gasteiger partial charge in [-0.2, -0.15) is 5.10 Å². The fourth-order valence-corrected chi connectivity index (χ4v) is 3.87. The molecule has 6 nitrogen and oxygen atoms in total. The van der Waals surface area contributed by atoms with Crippen LogP contribution in [0.15, 0.2) is 12.4 Å². The van der Waals surface area contributed by atoms with Crippen molar-refractivity contribution in [3.8, 4) is 0 Å². The minimum Gasteiger partial charge on any atom is -0.479 e. The lowest BCUT2D eigenvalue weighted by Crippen LogP contribution is -2.35. The smallest absolute Gasteiger partial charge is 0.331 e. The van der Waals surface area contributed by atoms with Gasteiger partial charge in [0.25, 0.3) is 0 Å². The lowest BCUT2D eigenvalue weighted by molar-refractivity contribution is -0.146. The van der Waals surface area contributed by atoms with E-state index in [0.29, 0.717) is 18.0 Å². The quantitative estimate of drug-likeness (QED) is 0.875. The number of rotatable bonds is 5. The molecule has 1 aromatic rings. The second-order valence-electron chi connectivity index (χ2n) is 7.22. The molecule has 2 aliphatic carbocycles. The van der Waals surface area contributed by atoms with Crippen molar-refractivity contribution < 1.29 is 14.7 Å². The molecular weight excluding hydrogens is 282 g/mol. The standard InChI is InChI=1S/C16H23N3O3/c1-16(2,15(21)22)19-9-13(8-17-19)18-14(20)7-12-6-10-3-4-11(12)5-10/h8-12H,3-7H2,1-2H3,(H,18,20)(H,21,22). The molecule has 3 rings (SSSR count). The summed E-state index contributed by atoms with van der Waals surface area (Å²) in [5.74, 6) is 1.12. The van der Waals surface area contributed by atoms with Crippen molar-refractivity contribution in [1.82, 2.24) is 9.78 Å². The normalized spacial score (nSPS) is 27.1. The number of anilines is 1. The molecule has 0 spiro atoms. The van der Waals surface area contributed by atoms with Crippen molar-refractivity contribution in [2.45, 2.75) is 51.5 Å². The van der Waals surface area contributed by atoms with E-state index < -0.39 is 11.5 Å². The number of carbonyl (C=O) groups excluding carboxylic acids is 1. The van der Waals surface area contributed by atoms with E-state index in [4.69, 9.17) is 0 Å². The lowest BCUT2D eigenvalue weighted by atomic mass is 9.86. The number of hydrogen-bond acceptors (Lipinski definition) is 3. The van der Waals surface area contributed by atoms with Crippen LogP contribution in [0.25, 0.3) is 0 Å². The van der Waals surface area contributed by atoms with Crippen molar-refractivity contribution in [1.29, 1.82) is 0 Å². The number of amides is 1. The molecule has 3 atom stereocenters. The SMILES string of the molecule is CC(C)(C(=O)O)n1cc(NC(=O)CC2CC3CCC2C3)cn1. The summed E-state index contributed by atoms with van der Waals surface area (Å²) in [5, 5.41) is 16.1. The molecule has 2 bridgehead atoms. The van der Waals surface area contributed by atoms with Crippen molar-refractivity contribution in [2.24, 2.45) is 17.8 Å². The third-order valence-electron chi connectivity index (χ3n) is 5.29. The van der Waals surface area contributed by atoms with Crippen LogP contribution in [0, 0.1) is 17.8 Å². The highest BCUT2D eigenvalue weighted by atomic mass is 16.4. The Morgan fingerprint density at radius 1 is 1.41 bits per heavy atom. The van der Waals surface area contributed by atoms with E-state index in [9.17, 15) is 14.7 Å². The highest BCUT2D eigenvalue weighted by Gasteiger charge is 2.40. The van der Waals surface area contributed by atoms with Gasteiger partial charge in [0, 0.05) is 12.6 Å². The van der Waals surface area contributed by atoms with Crippen LogP contribution in [-0.4, -0.2) is 26.8 Å². The number of hydrogen-bond donors (Lipinski definition) is 2. The molecule has 1 amide bonds. The fraction of sp³-hybridized carbons (Fsp3) is 0.688. The summed E-state index contributed by atoms with van der Waals surface area (Å²) >= 11 is 0. The molecular formula is C16H23N3O3. The molecule has 2 fully saturated rings. The maximum Gasteiger partial charge on any atom is 0.331 e. The first-order valence-electron chi connectivity index (χ1n) is 7.94. The van der Waals surface area contributed by atoms with Gasteiger partial charge in [-0.15, -0.1) is 0 Å². The highest BCUT2D eigenvalue weighted by molar-refractivity contribution is 5.90. The second kappa shape index (κ2) is 5.41. The van der Waals surface area contributed by atoms with E-state index >= 15 is 0 Å². The van der Waals surface area contributed by atoms with Gasteiger partial charge in [0.2, 0.25) is 5.91 Å². The van der Waals surface area contributed by atoms with Gasteiger partial charge in [0.1, 0.15) is 0 Å². The topological polar surface area (TPSA) is 84.2 Å². The van der Waals surface area contributed by atoms with E-state index in [1.165, 1.54) is 36.6 Å². The molecule has 0 aromatic carbocycles. The Morgan fingerprint density at radius 2 is 2.18 bits per heavy atom. The summed E-state index contributed by atoms with van der Waals surface area (Å²) < 4.78 is 1.36. The Kier molecular flexibility index (Phi) is 3.70. The molecule has 2 aliphatic rings. The minimum atomic E-state index is -1.13. The van der Waals surface area contributed by atoms with Crippen LogP contribution in [0.1, 0.15) is 46.0 Å². The summed E-state index contributed by atoms with van der Waals surface area (Å²) in [6, 6.07) is 0. The number of aliphatic carboxylic acids is 1. The van der Waals surface area contributed by atoms with Crippen LogP contribution in [0.4, 0.5) is 5.69 Å². The molecule has 22 heavy (non-hydrogen) atoms. The predicted octanol–water partition coefficient (Wildman–Crippen LogP) is 2.47. The zero-order chi connectivity index (χ0) is 15.9. The van der Waals surface area contributed by atoms with Crippen molar-refractivity contribution in [3.63, 3.8) is 0 Å². The average molecular weight is 305 g/mol. The van der Waals surface area contributed by atoms with Gasteiger partial charge in [-0.05, 0) is 50.9 Å². The van der Waals surface area contributed by atoms with Crippen LogP contribution < -0.4 is 5.32 Å². The number of fused-ring (bicyclic) bond motifs is 2. The van der Waals surface area contributed by atoms with Crippen LogP contribution in [0.2, 0.25) is 0 Å². The molecule has 120 valence electrons. The minimum absolute atomic E-state index is 0.00484. The lowest BCUT2D eigenvalue weighted by Gasteiger charge is -2.21. The van der Waals surface area contributed by atoms with Crippen LogP contribution in [0.5, 0.6) is 0 Å². The molecule has 0 aliphatic heterocycles. The van der Waals surface area contributed by atoms with E-state index in [1.54, 1.807) is 20.0 Å². The zero-order valence-electron chi connectivity index (χ0n) is 13.1. The molecule has 0 saturated heterocycles. The van der Waals surface area contributed by atoms with Crippen LogP contribution in [0.3, 0.4) is 0 Å². The van der Waals surface area contributed by atoms with Gasteiger partial charge in [0.15, 0.2) is 5.54 Å². The number of carbonyl (C=O) groups is 2. The Balaban J connectivity index is 1.58. The van der Waals surface area contributed by atoms with Gasteiger partial charge in [0.05, 0.1) is 11.9 Å². The fourth-order valence-electron chi connectivity index (χ4n) is 3.87. The Morgan fingerprint density at radius 3 is 2.77 bits per heavy atom. The largest absolute Gasteiger partial charge is 0.479 e. The predicted molar refractivity (Wildman–Crippen MR) is 81.4 cm³/mol. The molecule has 1 aromatic heterocycles. The summed E-state index contributed by atoms with van der Waals surface area (Å²) in [5.41, 5.74) is -0.574. The van der Waals surface area contributed by atoms with Gasteiger partial charge >= 0.3 is 5.97 Å². The van der Waals surface area contributed by atoms with Gasteiger partial charge in [-0.1, -0.05) is 6.42 Å². The number of nitrogens with one attached hydrogen (secondary N) is 1. The van der Waals surface area contributed by atoms with E-state index in [0.717, 1.165) is 11.8 Å². The average Bonchev–Trinajstić information content (AvgIpc) is 3.14. The van der Waals surface area contributed by atoms with Crippen molar-refractivity contribution >= 4 is 17.6 Å². The zero-order valence-corrected chi connectivity index (χ0v) is 13.1. The number of aromatic nitrogens is 2.